The maximum Gasteiger partial charge on any atom is 0.254 e. The van der Waals surface area contributed by atoms with E-state index < -0.39 is 0 Å². The zero-order valence-electron chi connectivity index (χ0n) is 18.8. The maximum absolute atomic E-state index is 12.7. The lowest BCUT2D eigenvalue weighted by Crippen LogP contribution is -2.54. The van der Waals surface area contributed by atoms with Gasteiger partial charge in [-0.3, -0.25) is 9.48 Å². The molecule has 0 spiro atoms. The molecule has 1 aliphatic rings. The molecule has 1 N–H and O–H groups in total. The van der Waals surface area contributed by atoms with Crippen molar-refractivity contribution in [2.45, 2.75) is 6.10 Å². The van der Waals surface area contributed by atoms with Crippen molar-refractivity contribution in [1.82, 2.24) is 19.7 Å². The Morgan fingerprint density at radius 1 is 1.12 bits per heavy atom. The van der Waals surface area contributed by atoms with E-state index in [9.17, 15) is 4.79 Å². The summed E-state index contributed by atoms with van der Waals surface area (Å²) in [5.41, 5.74) is 3.25. The first-order valence-electron chi connectivity index (χ1n) is 10.7. The van der Waals surface area contributed by atoms with Gasteiger partial charge in [-0.1, -0.05) is 18.2 Å². The van der Waals surface area contributed by atoms with E-state index in [1.165, 1.54) is 0 Å². The number of nitrogens with one attached hydrogen (secondary N) is 1. The largest absolute Gasteiger partial charge is 0.495 e. The molecule has 0 atom stereocenters. The van der Waals surface area contributed by atoms with E-state index in [0.29, 0.717) is 30.2 Å². The first-order valence-corrected chi connectivity index (χ1v) is 10.7. The number of anilines is 2. The summed E-state index contributed by atoms with van der Waals surface area (Å²) in [6, 6.07) is 15.5. The van der Waals surface area contributed by atoms with Gasteiger partial charge in [-0.25, -0.2) is 4.98 Å². The summed E-state index contributed by atoms with van der Waals surface area (Å²) in [7, 11) is 5.16. The Morgan fingerprint density at radius 3 is 2.70 bits per heavy atom. The SMILES string of the molecule is COc1cc(C(=O)N2CC(OC)C2)ccc1Nc1cc2c(-c3ccn(C)n3)cccc2cn1. The van der Waals surface area contributed by atoms with Crippen LogP contribution in [0, 0.1) is 0 Å². The lowest BCUT2D eigenvalue weighted by molar-refractivity contribution is -0.0192. The fourth-order valence-electron chi connectivity index (χ4n) is 4.02. The van der Waals surface area contributed by atoms with Gasteiger partial charge in [-0.15, -0.1) is 0 Å². The summed E-state index contributed by atoms with van der Waals surface area (Å²) < 4.78 is 12.6. The summed E-state index contributed by atoms with van der Waals surface area (Å²) >= 11 is 0. The van der Waals surface area contributed by atoms with Gasteiger partial charge in [0.2, 0.25) is 0 Å². The van der Waals surface area contributed by atoms with Crippen LogP contribution < -0.4 is 10.1 Å². The number of aryl methyl sites for hydroxylation is 1. The van der Waals surface area contributed by atoms with Crippen molar-refractivity contribution in [3.05, 3.63) is 66.5 Å². The number of carbonyl (C=O) groups is 1. The van der Waals surface area contributed by atoms with Gasteiger partial charge in [0.25, 0.3) is 5.91 Å². The molecular formula is C25H25N5O3. The number of pyridine rings is 1. The molecule has 5 rings (SSSR count). The molecule has 8 nitrogen and oxygen atoms in total. The zero-order chi connectivity index (χ0) is 22.9. The predicted octanol–water partition coefficient (Wildman–Crippen LogP) is 3.86. The summed E-state index contributed by atoms with van der Waals surface area (Å²) in [4.78, 5) is 19.0. The summed E-state index contributed by atoms with van der Waals surface area (Å²) in [5, 5.41) is 9.95. The van der Waals surface area contributed by atoms with Crippen LogP contribution >= 0.6 is 0 Å². The number of aromatic nitrogens is 3. The van der Waals surface area contributed by atoms with Gasteiger partial charge in [0.15, 0.2) is 0 Å². The molecule has 0 radical (unpaired) electrons. The van der Waals surface area contributed by atoms with Crippen LogP contribution in [-0.4, -0.2) is 59.0 Å². The molecule has 1 fully saturated rings. The Balaban J connectivity index is 1.43. The van der Waals surface area contributed by atoms with Gasteiger partial charge in [0.1, 0.15) is 11.6 Å². The minimum absolute atomic E-state index is 0.0306. The minimum atomic E-state index is -0.0306. The van der Waals surface area contributed by atoms with E-state index in [2.05, 4.69) is 21.5 Å². The van der Waals surface area contributed by atoms with E-state index in [4.69, 9.17) is 9.47 Å². The second-order valence-corrected chi connectivity index (χ2v) is 8.08. The van der Waals surface area contributed by atoms with E-state index in [0.717, 1.165) is 27.7 Å². The molecule has 33 heavy (non-hydrogen) atoms. The van der Waals surface area contributed by atoms with Gasteiger partial charge < -0.3 is 19.7 Å². The molecule has 2 aromatic heterocycles. The van der Waals surface area contributed by atoms with Gasteiger partial charge in [-0.2, -0.15) is 5.10 Å². The van der Waals surface area contributed by atoms with Crippen LogP contribution in [0.3, 0.4) is 0 Å². The molecule has 0 bridgehead atoms. The number of carbonyl (C=O) groups excluding carboxylic acids is 1. The van der Waals surface area contributed by atoms with Crippen LogP contribution in [-0.2, 0) is 11.8 Å². The van der Waals surface area contributed by atoms with Crippen LogP contribution in [0.25, 0.3) is 22.0 Å². The number of rotatable bonds is 6. The maximum atomic E-state index is 12.7. The fraction of sp³-hybridized carbons (Fsp3) is 0.240. The smallest absolute Gasteiger partial charge is 0.254 e. The zero-order valence-corrected chi connectivity index (χ0v) is 18.8. The second-order valence-electron chi connectivity index (χ2n) is 8.08. The monoisotopic (exact) mass is 443 g/mol. The molecule has 0 aliphatic carbocycles. The molecule has 0 saturated carbocycles. The van der Waals surface area contributed by atoms with Crippen molar-refractivity contribution in [3.63, 3.8) is 0 Å². The Bertz CT molecular complexity index is 1330. The number of likely N-dealkylation sites (tertiary alicyclic amines) is 1. The Morgan fingerprint density at radius 2 is 1.97 bits per heavy atom. The van der Waals surface area contributed by atoms with Crippen molar-refractivity contribution >= 4 is 28.2 Å². The van der Waals surface area contributed by atoms with Gasteiger partial charge in [0.05, 0.1) is 24.6 Å². The summed E-state index contributed by atoms with van der Waals surface area (Å²) in [5.74, 6) is 1.22. The third-order valence-electron chi connectivity index (χ3n) is 5.93. The summed E-state index contributed by atoms with van der Waals surface area (Å²) in [6.07, 6.45) is 3.88. The number of fused-ring (bicyclic) bond motifs is 1. The molecular weight excluding hydrogens is 418 g/mol. The van der Waals surface area contributed by atoms with Crippen molar-refractivity contribution < 1.29 is 14.3 Å². The van der Waals surface area contributed by atoms with Crippen LogP contribution in [0.2, 0.25) is 0 Å². The minimum Gasteiger partial charge on any atom is -0.495 e. The van der Waals surface area contributed by atoms with Gasteiger partial charge in [0, 0.05) is 56.2 Å². The number of ether oxygens (including phenoxy) is 2. The molecule has 3 heterocycles. The van der Waals surface area contributed by atoms with Gasteiger partial charge in [-0.05, 0) is 35.7 Å². The van der Waals surface area contributed by atoms with E-state index >= 15 is 0 Å². The average Bonchev–Trinajstić information content (AvgIpc) is 3.24. The number of hydrogen-bond acceptors (Lipinski definition) is 6. The Kier molecular flexibility index (Phi) is 5.43. The van der Waals surface area contributed by atoms with Crippen LogP contribution in [0.15, 0.2) is 60.9 Å². The standard InChI is InChI=1S/C25H25N5O3/c1-29-10-9-21(28-29)19-6-4-5-17-13-26-24(12-20(17)19)27-22-8-7-16(11-23(22)33-3)25(31)30-14-18(15-30)32-2/h4-13,18H,14-15H2,1-3H3,(H,26,27). The predicted molar refractivity (Wildman–Crippen MR) is 127 cm³/mol. The van der Waals surface area contributed by atoms with Crippen LogP contribution in [0.1, 0.15) is 10.4 Å². The molecule has 0 unspecified atom stereocenters. The second kappa shape index (κ2) is 8.55. The fourth-order valence-corrected chi connectivity index (χ4v) is 4.02. The highest BCUT2D eigenvalue weighted by atomic mass is 16.5. The average molecular weight is 444 g/mol. The highest BCUT2D eigenvalue weighted by Crippen LogP contribution is 2.32. The van der Waals surface area contributed by atoms with Crippen molar-refractivity contribution in [1.29, 1.82) is 0 Å². The Labute approximate surface area is 191 Å². The van der Waals surface area contributed by atoms with Crippen molar-refractivity contribution in [3.8, 4) is 17.0 Å². The quantitative estimate of drug-likeness (QED) is 0.487. The lowest BCUT2D eigenvalue weighted by Gasteiger charge is -2.38. The number of methoxy groups -OCH3 is 2. The van der Waals surface area contributed by atoms with E-state index in [1.54, 1.807) is 35.9 Å². The number of nitrogens with zero attached hydrogens (tertiary/aromatic N) is 4. The summed E-state index contributed by atoms with van der Waals surface area (Å²) in [6.45, 7) is 1.22. The van der Waals surface area contributed by atoms with Gasteiger partial charge >= 0.3 is 0 Å². The number of hydrogen-bond donors (Lipinski definition) is 1. The highest BCUT2D eigenvalue weighted by molar-refractivity contribution is 5.98. The van der Waals surface area contributed by atoms with Crippen molar-refractivity contribution in [2.75, 3.05) is 32.6 Å². The first-order chi connectivity index (χ1) is 16.1. The molecule has 1 saturated heterocycles. The molecule has 1 amide bonds. The van der Waals surface area contributed by atoms with Crippen LogP contribution in [0.4, 0.5) is 11.5 Å². The molecule has 8 heteroatoms. The first kappa shape index (κ1) is 21.0. The van der Waals surface area contributed by atoms with Crippen LogP contribution in [0.5, 0.6) is 5.75 Å². The van der Waals surface area contributed by atoms with E-state index in [-0.39, 0.29) is 12.0 Å². The molecule has 2 aromatic carbocycles. The Hall–Kier alpha value is -3.91. The third kappa shape index (κ3) is 4.01. The number of amides is 1. The normalized spacial score (nSPS) is 13.7. The molecule has 4 aromatic rings. The van der Waals surface area contributed by atoms with E-state index in [1.807, 2.05) is 49.8 Å². The number of benzene rings is 2. The molecule has 1 aliphatic heterocycles. The topological polar surface area (TPSA) is 81.5 Å². The highest BCUT2D eigenvalue weighted by Gasteiger charge is 2.31. The lowest BCUT2D eigenvalue weighted by atomic mass is 10.0. The molecule has 168 valence electrons. The van der Waals surface area contributed by atoms with Crippen molar-refractivity contribution in [2.24, 2.45) is 7.05 Å². The third-order valence-corrected chi connectivity index (χ3v) is 5.93.